The molecule has 2 aromatic rings. The van der Waals surface area contributed by atoms with Crippen molar-refractivity contribution in [2.45, 2.75) is 43.7 Å². The van der Waals surface area contributed by atoms with Gasteiger partial charge in [-0.05, 0) is 62.6 Å². The molecule has 0 spiro atoms. The molecule has 6 N–H and O–H groups in total. The maximum atomic E-state index is 14.3. The first-order valence-electron chi connectivity index (χ1n) is 9.11. The molecule has 2 aromatic carbocycles. The van der Waals surface area contributed by atoms with Crippen LogP contribution in [0.4, 0.5) is 10.1 Å². The van der Waals surface area contributed by atoms with Crippen molar-refractivity contribution < 1.29 is 22.7 Å². The first kappa shape index (κ1) is 23.1. The molecule has 0 aromatic heterocycles. The topological polar surface area (TPSA) is 128 Å². The highest BCUT2D eigenvalue weighted by Gasteiger charge is 2.22. The summed E-state index contributed by atoms with van der Waals surface area (Å²) < 4.78 is 42.5. The molecule has 0 radical (unpaired) electrons. The van der Waals surface area contributed by atoms with Gasteiger partial charge < -0.3 is 20.9 Å². The number of β-amino-alcohol motifs (C(OH)–C–C–N with tert-alkyl or cyclic N) is 1. The second-order valence-electron chi connectivity index (χ2n) is 7.75. The van der Waals surface area contributed by atoms with Crippen molar-refractivity contribution in [3.8, 4) is 5.75 Å². The van der Waals surface area contributed by atoms with E-state index in [1.54, 1.807) is 12.1 Å². The van der Waals surface area contributed by atoms with Crippen molar-refractivity contribution in [2.24, 2.45) is 5.14 Å². The highest BCUT2D eigenvalue weighted by Crippen LogP contribution is 2.23. The first-order valence-corrected chi connectivity index (χ1v) is 10.7. The van der Waals surface area contributed by atoms with E-state index < -0.39 is 27.5 Å². The summed E-state index contributed by atoms with van der Waals surface area (Å²) in [6.45, 7) is 5.89. The molecule has 29 heavy (non-hydrogen) atoms. The number of hydrogen-bond acceptors (Lipinski definition) is 6. The minimum Gasteiger partial charge on any atom is -0.489 e. The lowest BCUT2D eigenvalue weighted by molar-refractivity contribution is 0.0991. The van der Waals surface area contributed by atoms with E-state index in [-0.39, 0.29) is 24.5 Å². The number of rotatable bonds is 9. The van der Waals surface area contributed by atoms with Gasteiger partial charge in [0.25, 0.3) is 0 Å². The Balaban J connectivity index is 1.91. The van der Waals surface area contributed by atoms with Crippen molar-refractivity contribution in [3.05, 3.63) is 53.3 Å². The number of aliphatic hydroxyl groups excluding tert-OH is 1. The predicted molar refractivity (Wildman–Crippen MR) is 111 cm³/mol. The quantitative estimate of drug-likeness (QED) is 0.453. The third-order valence-corrected chi connectivity index (χ3v) is 5.31. The monoisotopic (exact) mass is 425 g/mol. The van der Waals surface area contributed by atoms with Crippen LogP contribution in [0.15, 0.2) is 41.3 Å². The number of sulfonamides is 1. The summed E-state index contributed by atoms with van der Waals surface area (Å²) in [5.74, 6) is -0.134. The Hall–Kier alpha value is -2.20. The van der Waals surface area contributed by atoms with Gasteiger partial charge in [0.15, 0.2) is 0 Å². The first-order chi connectivity index (χ1) is 13.4. The van der Waals surface area contributed by atoms with Crippen LogP contribution in [0.25, 0.3) is 0 Å². The maximum Gasteiger partial charge on any atom is 0.238 e. The van der Waals surface area contributed by atoms with Gasteiger partial charge in [-0.2, -0.15) is 0 Å². The summed E-state index contributed by atoms with van der Waals surface area (Å²) >= 11 is 0. The molecule has 2 rings (SSSR count). The number of anilines is 1. The lowest BCUT2D eigenvalue weighted by Gasteiger charge is -2.28. The minimum atomic E-state index is -3.95. The molecule has 9 heteroatoms. The zero-order valence-electron chi connectivity index (χ0n) is 16.8. The number of hydrogen-bond donors (Lipinski definition) is 4. The highest BCUT2D eigenvalue weighted by molar-refractivity contribution is 7.89. The minimum absolute atomic E-state index is 0.0498. The highest BCUT2D eigenvalue weighted by atomic mass is 32.2. The molecular weight excluding hydrogens is 397 g/mol. The third-order valence-electron chi connectivity index (χ3n) is 4.40. The van der Waals surface area contributed by atoms with E-state index in [2.05, 4.69) is 5.32 Å². The SMILES string of the molecule is Cc1ccc(N)c(OC[C@@H](O)CNC(C)(C)Cc2ccc(S(N)(=O)=O)cc2F)c1. The number of halogens is 1. The van der Waals surface area contributed by atoms with Crippen LogP contribution in [0.1, 0.15) is 25.0 Å². The van der Waals surface area contributed by atoms with Crippen LogP contribution in [0, 0.1) is 12.7 Å². The molecule has 7 nitrogen and oxygen atoms in total. The van der Waals surface area contributed by atoms with Crippen LogP contribution in [0.2, 0.25) is 0 Å². The van der Waals surface area contributed by atoms with Crippen LogP contribution in [0.5, 0.6) is 5.75 Å². The number of primary sulfonamides is 1. The predicted octanol–water partition coefficient (Wildman–Crippen LogP) is 1.71. The summed E-state index contributed by atoms with van der Waals surface area (Å²) in [7, 11) is -3.95. The second-order valence-corrected chi connectivity index (χ2v) is 9.31. The van der Waals surface area contributed by atoms with Crippen molar-refractivity contribution in [3.63, 3.8) is 0 Å². The summed E-state index contributed by atoms with van der Waals surface area (Å²) in [6, 6.07) is 9.01. The van der Waals surface area contributed by atoms with Crippen molar-refractivity contribution in [1.29, 1.82) is 0 Å². The Morgan fingerprint density at radius 2 is 1.93 bits per heavy atom. The fraction of sp³-hybridized carbons (Fsp3) is 0.400. The average Bonchev–Trinajstić information content (AvgIpc) is 2.61. The van der Waals surface area contributed by atoms with E-state index in [4.69, 9.17) is 15.6 Å². The van der Waals surface area contributed by atoms with E-state index in [0.717, 1.165) is 11.6 Å². The van der Waals surface area contributed by atoms with E-state index >= 15 is 0 Å². The van der Waals surface area contributed by atoms with Crippen molar-refractivity contribution >= 4 is 15.7 Å². The molecule has 0 unspecified atom stereocenters. The fourth-order valence-electron chi connectivity index (χ4n) is 2.79. The van der Waals surface area contributed by atoms with Gasteiger partial charge in [0.05, 0.1) is 10.6 Å². The lowest BCUT2D eigenvalue weighted by Crippen LogP contribution is -2.46. The van der Waals surface area contributed by atoms with Crippen LogP contribution in [0.3, 0.4) is 0 Å². The van der Waals surface area contributed by atoms with E-state index in [9.17, 15) is 17.9 Å². The maximum absolute atomic E-state index is 14.3. The Morgan fingerprint density at radius 1 is 1.24 bits per heavy atom. The van der Waals surface area contributed by atoms with Crippen LogP contribution < -0.4 is 20.9 Å². The lowest BCUT2D eigenvalue weighted by atomic mass is 9.94. The number of aryl methyl sites for hydroxylation is 1. The molecule has 160 valence electrons. The van der Waals surface area contributed by atoms with Crippen molar-refractivity contribution in [1.82, 2.24) is 5.32 Å². The Morgan fingerprint density at radius 3 is 2.55 bits per heavy atom. The molecule has 0 amide bonds. The number of ether oxygens (including phenoxy) is 1. The second kappa shape index (κ2) is 9.08. The summed E-state index contributed by atoms with van der Waals surface area (Å²) in [4.78, 5) is -0.271. The van der Waals surface area contributed by atoms with Gasteiger partial charge in [0, 0.05) is 12.1 Å². The molecule has 0 heterocycles. The zero-order valence-corrected chi connectivity index (χ0v) is 17.6. The number of nitrogen functional groups attached to an aromatic ring is 1. The van der Waals surface area contributed by atoms with Gasteiger partial charge >= 0.3 is 0 Å². The van der Waals surface area contributed by atoms with Gasteiger partial charge in [0.1, 0.15) is 24.3 Å². The van der Waals surface area contributed by atoms with Crippen LogP contribution in [-0.2, 0) is 16.4 Å². The Kier molecular flexibility index (Phi) is 7.23. The normalized spacial score (nSPS) is 13.3. The summed E-state index contributed by atoms with van der Waals surface area (Å²) in [5, 5.41) is 18.4. The summed E-state index contributed by atoms with van der Waals surface area (Å²) in [5.41, 5.74) is 7.13. The van der Waals surface area contributed by atoms with Crippen molar-refractivity contribution in [2.75, 3.05) is 18.9 Å². The van der Waals surface area contributed by atoms with E-state index in [1.165, 1.54) is 12.1 Å². The smallest absolute Gasteiger partial charge is 0.238 e. The van der Waals surface area contributed by atoms with Gasteiger partial charge in [0.2, 0.25) is 10.0 Å². The number of benzene rings is 2. The molecule has 0 saturated carbocycles. The van der Waals surface area contributed by atoms with Gasteiger partial charge in [-0.25, -0.2) is 17.9 Å². The van der Waals surface area contributed by atoms with Crippen LogP contribution in [-0.4, -0.2) is 38.3 Å². The molecule has 0 bridgehead atoms. The number of aliphatic hydroxyl groups is 1. The Bertz CT molecular complexity index is 964. The third kappa shape index (κ3) is 6.97. The largest absolute Gasteiger partial charge is 0.489 e. The number of nitrogens with one attached hydrogen (secondary N) is 1. The van der Waals surface area contributed by atoms with E-state index in [1.807, 2.05) is 26.8 Å². The van der Waals surface area contributed by atoms with E-state index in [0.29, 0.717) is 17.0 Å². The molecule has 1 atom stereocenters. The molecule has 0 saturated heterocycles. The Labute approximate surface area is 170 Å². The molecular formula is C20H28FN3O4S. The standard InChI is InChI=1S/C20H28FN3O4S/c1-13-4-7-18(22)19(8-13)28-12-15(25)11-24-20(2,3)10-14-5-6-16(9-17(14)21)29(23,26)27/h4-9,15,24-25H,10-12,22H2,1-3H3,(H2,23,26,27)/t15-/m0/s1. The molecule has 0 fully saturated rings. The van der Waals surface area contributed by atoms with Crippen LogP contribution >= 0.6 is 0 Å². The molecule has 0 aliphatic carbocycles. The average molecular weight is 426 g/mol. The zero-order chi connectivity index (χ0) is 21.8. The van der Waals surface area contributed by atoms with Gasteiger partial charge in [-0.1, -0.05) is 12.1 Å². The fourth-order valence-corrected chi connectivity index (χ4v) is 3.32. The molecule has 0 aliphatic heterocycles. The van der Waals surface area contributed by atoms with Gasteiger partial charge in [-0.15, -0.1) is 0 Å². The molecule has 0 aliphatic rings. The summed E-state index contributed by atoms with van der Waals surface area (Å²) in [6.07, 6.45) is -0.522. The number of nitrogens with two attached hydrogens (primary N) is 2. The van der Waals surface area contributed by atoms with Gasteiger partial charge in [-0.3, -0.25) is 0 Å².